The molecule has 1 aliphatic rings. The molecule has 0 amide bonds. The molecule has 14 heavy (non-hydrogen) atoms. The minimum atomic E-state index is 0.770. The van der Waals surface area contributed by atoms with E-state index in [1.54, 1.807) is 0 Å². The number of hydrogen-bond donors (Lipinski definition) is 1. The van der Waals surface area contributed by atoms with E-state index in [2.05, 4.69) is 23.5 Å². The third-order valence-electron chi connectivity index (χ3n) is 2.89. The average Bonchev–Trinajstić information content (AvgIpc) is 2.77. The average molecular weight is 193 g/mol. The quantitative estimate of drug-likeness (QED) is 0.789. The molecule has 1 saturated carbocycles. The van der Waals surface area contributed by atoms with Crippen LogP contribution >= 0.6 is 0 Å². The number of aromatic nitrogens is 2. The molecule has 3 nitrogen and oxygen atoms in total. The lowest BCUT2D eigenvalue weighted by molar-refractivity contribution is 0.480. The number of nitrogens with zero attached hydrogens (tertiary/aromatic N) is 2. The second kappa shape index (κ2) is 4.60. The molecule has 1 heterocycles. The molecule has 0 unspecified atom stereocenters. The Morgan fingerprint density at radius 3 is 2.93 bits per heavy atom. The van der Waals surface area contributed by atoms with Crippen molar-refractivity contribution >= 4 is 0 Å². The van der Waals surface area contributed by atoms with Crippen molar-refractivity contribution in [3.05, 3.63) is 18.0 Å². The van der Waals surface area contributed by atoms with E-state index < -0.39 is 0 Å². The number of rotatable bonds is 4. The molecule has 0 atom stereocenters. The van der Waals surface area contributed by atoms with E-state index in [1.807, 2.05) is 10.9 Å². The van der Waals surface area contributed by atoms with Crippen LogP contribution in [-0.2, 0) is 6.54 Å². The van der Waals surface area contributed by atoms with Gasteiger partial charge in [0, 0.05) is 18.8 Å². The zero-order valence-electron chi connectivity index (χ0n) is 8.87. The molecule has 2 rings (SSSR count). The van der Waals surface area contributed by atoms with Gasteiger partial charge >= 0.3 is 0 Å². The summed E-state index contributed by atoms with van der Waals surface area (Å²) in [4.78, 5) is 0. The second-order valence-corrected chi connectivity index (χ2v) is 4.22. The number of hydrogen-bond acceptors (Lipinski definition) is 2. The van der Waals surface area contributed by atoms with Gasteiger partial charge in [-0.15, -0.1) is 0 Å². The van der Waals surface area contributed by atoms with Crippen molar-refractivity contribution in [1.82, 2.24) is 15.1 Å². The summed E-state index contributed by atoms with van der Waals surface area (Å²) in [6.45, 7) is 4.12. The van der Waals surface area contributed by atoms with Crippen LogP contribution in [0.5, 0.6) is 0 Å². The molecule has 0 bridgehead atoms. The van der Waals surface area contributed by atoms with Crippen molar-refractivity contribution in [2.45, 2.75) is 45.2 Å². The molecular weight excluding hydrogens is 174 g/mol. The lowest BCUT2D eigenvalue weighted by Crippen LogP contribution is -2.29. The summed E-state index contributed by atoms with van der Waals surface area (Å²) in [5, 5.41) is 7.84. The summed E-state index contributed by atoms with van der Waals surface area (Å²) in [5.74, 6) is 0. The van der Waals surface area contributed by atoms with Crippen LogP contribution in [0.1, 0.15) is 31.2 Å². The molecule has 1 aliphatic carbocycles. The van der Waals surface area contributed by atoms with Crippen LogP contribution in [0.2, 0.25) is 0 Å². The maximum Gasteiger partial charge on any atom is 0.0534 e. The predicted molar refractivity (Wildman–Crippen MR) is 57.2 cm³/mol. The van der Waals surface area contributed by atoms with Gasteiger partial charge in [-0.2, -0.15) is 5.10 Å². The summed E-state index contributed by atoms with van der Waals surface area (Å²) in [7, 11) is 0. The summed E-state index contributed by atoms with van der Waals surface area (Å²) in [6, 6.07) is 0.770. The zero-order chi connectivity index (χ0) is 9.80. The first kappa shape index (κ1) is 9.71. The van der Waals surface area contributed by atoms with Crippen LogP contribution in [0, 0.1) is 6.92 Å². The first-order valence-electron chi connectivity index (χ1n) is 5.57. The third kappa shape index (κ3) is 2.58. The van der Waals surface area contributed by atoms with Crippen LogP contribution in [0.4, 0.5) is 0 Å². The van der Waals surface area contributed by atoms with E-state index in [0.717, 1.165) is 19.1 Å². The van der Waals surface area contributed by atoms with Crippen molar-refractivity contribution in [3.63, 3.8) is 0 Å². The van der Waals surface area contributed by atoms with E-state index >= 15 is 0 Å². The van der Waals surface area contributed by atoms with Gasteiger partial charge in [-0.3, -0.25) is 4.68 Å². The Bertz CT molecular complexity index is 274. The standard InChI is InChI=1S/C11H19N3/c1-10-8-13-14(9-10)7-6-12-11-4-2-3-5-11/h8-9,11-12H,2-7H2,1H3. The van der Waals surface area contributed by atoms with E-state index in [4.69, 9.17) is 0 Å². The van der Waals surface area contributed by atoms with Gasteiger partial charge in [0.05, 0.1) is 12.7 Å². The largest absolute Gasteiger partial charge is 0.312 e. The minimum Gasteiger partial charge on any atom is -0.312 e. The fourth-order valence-electron chi connectivity index (χ4n) is 2.10. The smallest absolute Gasteiger partial charge is 0.0534 e. The summed E-state index contributed by atoms with van der Waals surface area (Å²) < 4.78 is 2.01. The van der Waals surface area contributed by atoms with Crippen molar-refractivity contribution < 1.29 is 0 Å². The Labute approximate surface area is 85.5 Å². The van der Waals surface area contributed by atoms with Gasteiger partial charge in [-0.1, -0.05) is 12.8 Å². The van der Waals surface area contributed by atoms with E-state index in [0.29, 0.717) is 0 Å². The van der Waals surface area contributed by atoms with Crippen LogP contribution in [0.25, 0.3) is 0 Å². The van der Waals surface area contributed by atoms with Crippen LogP contribution < -0.4 is 5.32 Å². The number of nitrogens with one attached hydrogen (secondary N) is 1. The highest BCUT2D eigenvalue weighted by atomic mass is 15.3. The van der Waals surface area contributed by atoms with E-state index in [9.17, 15) is 0 Å². The highest BCUT2D eigenvalue weighted by molar-refractivity contribution is 4.99. The Morgan fingerprint density at radius 1 is 1.50 bits per heavy atom. The van der Waals surface area contributed by atoms with Crippen molar-refractivity contribution in [2.75, 3.05) is 6.54 Å². The maximum absolute atomic E-state index is 4.26. The molecule has 0 radical (unpaired) electrons. The third-order valence-corrected chi connectivity index (χ3v) is 2.89. The fraction of sp³-hybridized carbons (Fsp3) is 0.727. The lowest BCUT2D eigenvalue weighted by Gasteiger charge is -2.11. The van der Waals surface area contributed by atoms with Gasteiger partial charge in [0.25, 0.3) is 0 Å². The Balaban J connectivity index is 1.67. The number of aryl methyl sites for hydroxylation is 1. The Kier molecular flexibility index (Phi) is 3.19. The summed E-state index contributed by atoms with van der Waals surface area (Å²) in [6.07, 6.45) is 9.53. The Hall–Kier alpha value is -0.830. The second-order valence-electron chi connectivity index (χ2n) is 4.22. The molecule has 1 aromatic heterocycles. The molecule has 1 aromatic rings. The molecule has 78 valence electrons. The highest BCUT2D eigenvalue weighted by Crippen LogP contribution is 2.17. The summed E-state index contributed by atoms with van der Waals surface area (Å²) in [5.41, 5.74) is 1.24. The van der Waals surface area contributed by atoms with E-state index in [-0.39, 0.29) is 0 Å². The predicted octanol–water partition coefficient (Wildman–Crippen LogP) is 1.72. The van der Waals surface area contributed by atoms with Gasteiger partial charge in [0.2, 0.25) is 0 Å². The zero-order valence-corrected chi connectivity index (χ0v) is 8.87. The van der Waals surface area contributed by atoms with Crippen LogP contribution in [0.15, 0.2) is 12.4 Å². The molecule has 3 heteroatoms. The molecule has 1 N–H and O–H groups in total. The normalized spacial score (nSPS) is 17.8. The monoisotopic (exact) mass is 193 g/mol. The van der Waals surface area contributed by atoms with Gasteiger partial charge in [-0.25, -0.2) is 0 Å². The van der Waals surface area contributed by atoms with Crippen molar-refractivity contribution in [1.29, 1.82) is 0 Å². The molecule has 1 fully saturated rings. The highest BCUT2D eigenvalue weighted by Gasteiger charge is 2.13. The van der Waals surface area contributed by atoms with Gasteiger partial charge in [-0.05, 0) is 25.3 Å². The van der Waals surface area contributed by atoms with Gasteiger partial charge in [0.1, 0.15) is 0 Å². The van der Waals surface area contributed by atoms with Crippen molar-refractivity contribution in [2.24, 2.45) is 0 Å². The van der Waals surface area contributed by atoms with E-state index in [1.165, 1.54) is 31.2 Å². The van der Waals surface area contributed by atoms with Crippen LogP contribution in [0.3, 0.4) is 0 Å². The molecule has 0 aromatic carbocycles. The molecule has 0 aliphatic heterocycles. The first-order chi connectivity index (χ1) is 6.84. The fourth-order valence-corrected chi connectivity index (χ4v) is 2.10. The van der Waals surface area contributed by atoms with Gasteiger partial charge < -0.3 is 5.32 Å². The topological polar surface area (TPSA) is 29.9 Å². The summed E-state index contributed by atoms with van der Waals surface area (Å²) >= 11 is 0. The Morgan fingerprint density at radius 2 is 2.29 bits per heavy atom. The molecule has 0 spiro atoms. The lowest BCUT2D eigenvalue weighted by atomic mass is 10.2. The molecule has 0 saturated heterocycles. The minimum absolute atomic E-state index is 0.770. The van der Waals surface area contributed by atoms with Crippen LogP contribution in [-0.4, -0.2) is 22.4 Å². The maximum atomic E-state index is 4.26. The SMILES string of the molecule is Cc1cnn(CCNC2CCCC2)c1. The van der Waals surface area contributed by atoms with Gasteiger partial charge in [0.15, 0.2) is 0 Å². The molecular formula is C11H19N3. The van der Waals surface area contributed by atoms with Crippen molar-refractivity contribution in [3.8, 4) is 0 Å². The first-order valence-corrected chi connectivity index (χ1v) is 5.57.